The molecule has 1 N–H and O–H groups in total. The van der Waals surface area contributed by atoms with E-state index >= 15 is 0 Å². The van der Waals surface area contributed by atoms with Crippen LogP contribution in [0.15, 0.2) is 47.4 Å². The van der Waals surface area contributed by atoms with Gasteiger partial charge < -0.3 is 10.2 Å². The van der Waals surface area contributed by atoms with Crippen LogP contribution in [-0.2, 0) is 6.42 Å². The molecule has 0 aliphatic heterocycles. The van der Waals surface area contributed by atoms with Crippen LogP contribution in [0.4, 0.5) is 19.3 Å². The number of rotatable bonds is 11. The normalized spacial score (nSPS) is 11.4. The highest BCUT2D eigenvalue weighted by atomic mass is 32.2. The van der Waals surface area contributed by atoms with Crippen molar-refractivity contribution in [3.8, 4) is 0 Å². The summed E-state index contributed by atoms with van der Waals surface area (Å²) in [6.45, 7) is 9.87. The number of hydrogen-bond acceptors (Lipinski definition) is 2. The molecule has 0 aromatic heterocycles. The SMILES string of the molecule is CCCCCCCN(CCc1ccc(SC(C)(C)C)cc1)C(=O)Nc1ccc(F)cc1F. The summed E-state index contributed by atoms with van der Waals surface area (Å²) in [5.74, 6) is -1.44. The first-order chi connectivity index (χ1) is 15.2. The van der Waals surface area contributed by atoms with Crippen LogP contribution in [-0.4, -0.2) is 28.8 Å². The molecular weight excluding hydrogens is 426 g/mol. The van der Waals surface area contributed by atoms with E-state index in [1.807, 2.05) is 11.8 Å². The van der Waals surface area contributed by atoms with Gasteiger partial charge in [-0.2, -0.15) is 0 Å². The van der Waals surface area contributed by atoms with Crippen molar-refractivity contribution in [2.24, 2.45) is 0 Å². The topological polar surface area (TPSA) is 32.3 Å². The Balaban J connectivity index is 1.99. The van der Waals surface area contributed by atoms with Gasteiger partial charge in [-0.1, -0.05) is 65.5 Å². The first-order valence-corrected chi connectivity index (χ1v) is 12.3. The first kappa shape index (κ1) is 26.2. The van der Waals surface area contributed by atoms with Crippen molar-refractivity contribution in [3.05, 3.63) is 59.7 Å². The second-order valence-electron chi connectivity index (χ2n) is 9.06. The largest absolute Gasteiger partial charge is 0.324 e. The highest BCUT2D eigenvalue weighted by Crippen LogP contribution is 2.31. The summed E-state index contributed by atoms with van der Waals surface area (Å²) < 4.78 is 27.3. The maximum Gasteiger partial charge on any atom is 0.321 e. The maximum absolute atomic E-state index is 14.0. The number of thioether (sulfide) groups is 1. The average molecular weight is 463 g/mol. The number of urea groups is 1. The highest BCUT2D eigenvalue weighted by molar-refractivity contribution is 8.00. The van der Waals surface area contributed by atoms with Gasteiger partial charge in [0.1, 0.15) is 11.6 Å². The van der Waals surface area contributed by atoms with Crippen molar-refractivity contribution in [1.29, 1.82) is 0 Å². The number of amides is 2. The number of anilines is 1. The Morgan fingerprint density at radius 2 is 1.66 bits per heavy atom. The summed E-state index contributed by atoms with van der Waals surface area (Å²) >= 11 is 1.82. The lowest BCUT2D eigenvalue weighted by Crippen LogP contribution is -2.37. The number of carbonyl (C=O) groups is 1. The molecule has 0 atom stereocenters. The molecule has 0 aliphatic rings. The molecule has 2 aromatic rings. The van der Waals surface area contributed by atoms with Gasteiger partial charge in [0.05, 0.1) is 5.69 Å². The maximum atomic E-state index is 14.0. The molecule has 2 rings (SSSR count). The number of nitrogens with one attached hydrogen (secondary N) is 1. The van der Waals surface area contributed by atoms with Crippen LogP contribution in [0, 0.1) is 11.6 Å². The van der Waals surface area contributed by atoms with Crippen LogP contribution in [0.3, 0.4) is 0 Å². The Hall–Kier alpha value is -2.08. The van der Waals surface area contributed by atoms with E-state index in [4.69, 9.17) is 0 Å². The number of benzene rings is 2. The van der Waals surface area contributed by atoms with Crippen LogP contribution in [0.2, 0.25) is 0 Å². The second-order valence-corrected chi connectivity index (χ2v) is 11.0. The van der Waals surface area contributed by atoms with E-state index in [0.717, 1.165) is 49.8 Å². The van der Waals surface area contributed by atoms with E-state index in [9.17, 15) is 13.6 Å². The van der Waals surface area contributed by atoms with Gasteiger partial charge >= 0.3 is 6.03 Å². The Morgan fingerprint density at radius 3 is 2.28 bits per heavy atom. The van der Waals surface area contributed by atoms with Crippen molar-refractivity contribution < 1.29 is 13.6 Å². The molecule has 0 saturated heterocycles. The van der Waals surface area contributed by atoms with Crippen molar-refractivity contribution in [3.63, 3.8) is 0 Å². The number of carbonyl (C=O) groups excluding carboxylic acids is 1. The summed E-state index contributed by atoms with van der Waals surface area (Å²) in [6.07, 6.45) is 6.17. The fourth-order valence-electron chi connectivity index (χ4n) is 3.35. The van der Waals surface area contributed by atoms with Gasteiger partial charge in [-0.15, -0.1) is 11.8 Å². The van der Waals surface area contributed by atoms with E-state index in [2.05, 4.69) is 57.3 Å². The second kappa shape index (κ2) is 12.8. The molecule has 0 spiro atoms. The minimum Gasteiger partial charge on any atom is -0.324 e. The summed E-state index contributed by atoms with van der Waals surface area (Å²) in [6, 6.07) is 11.3. The Labute approximate surface area is 196 Å². The van der Waals surface area contributed by atoms with E-state index in [-0.39, 0.29) is 16.5 Å². The van der Waals surface area contributed by atoms with Gasteiger partial charge in [-0.05, 0) is 42.7 Å². The molecule has 0 radical (unpaired) electrons. The van der Waals surface area contributed by atoms with E-state index < -0.39 is 11.6 Å². The minimum atomic E-state index is -0.770. The zero-order valence-electron chi connectivity index (χ0n) is 19.7. The lowest BCUT2D eigenvalue weighted by molar-refractivity contribution is 0.211. The summed E-state index contributed by atoms with van der Waals surface area (Å²) in [7, 11) is 0. The predicted molar refractivity (Wildman–Crippen MR) is 131 cm³/mol. The van der Waals surface area contributed by atoms with E-state index in [1.165, 1.54) is 17.4 Å². The zero-order valence-corrected chi connectivity index (χ0v) is 20.5. The third-order valence-electron chi connectivity index (χ3n) is 5.01. The molecule has 0 aliphatic carbocycles. The Kier molecular flexibility index (Phi) is 10.5. The van der Waals surface area contributed by atoms with Crippen molar-refractivity contribution in [2.75, 3.05) is 18.4 Å². The van der Waals surface area contributed by atoms with Gasteiger partial charge in [0.15, 0.2) is 0 Å². The Morgan fingerprint density at radius 1 is 0.969 bits per heavy atom. The molecular formula is C26H36F2N2OS. The Bertz CT molecular complexity index is 850. The van der Waals surface area contributed by atoms with Crippen molar-refractivity contribution in [2.45, 2.75) is 75.9 Å². The molecule has 0 heterocycles. The molecule has 6 heteroatoms. The molecule has 2 aromatic carbocycles. The smallest absolute Gasteiger partial charge is 0.321 e. The molecule has 0 bridgehead atoms. The summed E-state index contributed by atoms with van der Waals surface area (Å²) in [5, 5.41) is 2.60. The van der Waals surface area contributed by atoms with Crippen LogP contribution in [0.5, 0.6) is 0 Å². The van der Waals surface area contributed by atoms with Crippen LogP contribution >= 0.6 is 11.8 Å². The molecule has 0 unspecified atom stereocenters. The van der Waals surface area contributed by atoms with Crippen LogP contribution in [0.25, 0.3) is 0 Å². The summed E-state index contributed by atoms with van der Waals surface area (Å²) in [4.78, 5) is 15.8. The lowest BCUT2D eigenvalue weighted by Gasteiger charge is -2.24. The van der Waals surface area contributed by atoms with Gasteiger partial charge in [0, 0.05) is 28.8 Å². The monoisotopic (exact) mass is 462 g/mol. The number of nitrogens with zero attached hydrogens (tertiary/aromatic N) is 1. The first-order valence-electron chi connectivity index (χ1n) is 11.5. The van der Waals surface area contributed by atoms with Gasteiger partial charge in [-0.3, -0.25) is 0 Å². The fourth-order valence-corrected chi connectivity index (χ4v) is 4.33. The molecule has 0 fully saturated rings. The van der Waals surface area contributed by atoms with Crippen LogP contribution in [0.1, 0.15) is 65.4 Å². The van der Waals surface area contributed by atoms with Gasteiger partial charge in [-0.25, -0.2) is 13.6 Å². The highest BCUT2D eigenvalue weighted by Gasteiger charge is 2.16. The van der Waals surface area contributed by atoms with E-state index in [1.54, 1.807) is 4.90 Å². The number of halogens is 2. The van der Waals surface area contributed by atoms with Crippen molar-refractivity contribution >= 4 is 23.5 Å². The van der Waals surface area contributed by atoms with Crippen molar-refractivity contribution in [1.82, 2.24) is 4.90 Å². The molecule has 176 valence electrons. The minimum absolute atomic E-state index is 0.00376. The summed E-state index contributed by atoms with van der Waals surface area (Å²) in [5.41, 5.74) is 1.15. The number of unbranched alkanes of at least 4 members (excludes halogenated alkanes) is 4. The van der Waals surface area contributed by atoms with Crippen LogP contribution < -0.4 is 5.32 Å². The third-order valence-corrected chi connectivity index (χ3v) is 6.13. The molecule has 0 saturated carbocycles. The predicted octanol–water partition coefficient (Wildman–Crippen LogP) is 7.90. The standard InChI is InChI=1S/C26H36F2N2OS/c1-5-6-7-8-9-17-30(25(31)29-24-15-12-21(27)19-23(24)28)18-16-20-10-13-22(14-11-20)32-26(2,3)4/h10-15,19H,5-9,16-18H2,1-4H3,(H,29,31). The fraction of sp³-hybridized carbons (Fsp3) is 0.500. The zero-order chi connectivity index (χ0) is 23.6. The molecule has 3 nitrogen and oxygen atoms in total. The number of hydrogen-bond donors (Lipinski definition) is 1. The van der Waals surface area contributed by atoms with Gasteiger partial charge in [0.2, 0.25) is 0 Å². The lowest BCUT2D eigenvalue weighted by atomic mass is 10.1. The van der Waals surface area contributed by atoms with E-state index in [0.29, 0.717) is 13.1 Å². The average Bonchev–Trinajstić information content (AvgIpc) is 2.72. The third kappa shape index (κ3) is 9.60. The molecule has 2 amide bonds. The van der Waals surface area contributed by atoms with Gasteiger partial charge in [0.25, 0.3) is 0 Å². The quantitative estimate of drug-likeness (QED) is 0.272. The molecule has 32 heavy (non-hydrogen) atoms.